The van der Waals surface area contributed by atoms with Gasteiger partial charge >= 0.3 is 0 Å². The minimum atomic E-state index is -0.210. The van der Waals surface area contributed by atoms with Crippen LogP contribution in [0.5, 0.6) is 5.75 Å². The third-order valence-corrected chi connectivity index (χ3v) is 4.79. The Morgan fingerprint density at radius 1 is 1.03 bits per heavy atom. The number of hydrogen-bond donors (Lipinski definition) is 1. The number of halogens is 1. The molecule has 152 valence electrons. The molecule has 4 aromatic rings. The van der Waals surface area contributed by atoms with Crippen LogP contribution in [0.3, 0.4) is 0 Å². The minimum absolute atomic E-state index is 0.0455. The van der Waals surface area contributed by atoms with E-state index in [1.807, 2.05) is 56.3 Å². The highest BCUT2D eigenvalue weighted by atomic mass is 35.5. The second-order valence-corrected chi connectivity index (χ2v) is 7.69. The summed E-state index contributed by atoms with van der Waals surface area (Å²) in [5, 5.41) is 3.47. The zero-order valence-electron chi connectivity index (χ0n) is 16.7. The van der Waals surface area contributed by atoms with E-state index >= 15 is 0 Å². The molecule has 0 aliphatic rings. The molecule has 0 saturated heterocycles. The molecular weight excluding hydrogens is 400 g/mol. The second kappa shape index (κ2) is 8.59. The summed E-state index contributed by atoms with van der Waals surface area (Å²) < 4.78 is 11.4. The van der Waals surface area contributed by atoms with Gasteiger partial charge in [0.25, 0.3) is 5.91 Å². The Kier molecular flexibility index (Phi) is 5.72. The van der Waals surface area contributed by atoms with Crippen molar-refractivity contribution in [2.75, 3.05) is 11.9 Å². The number of carbonyl (C=O) groups excluding carboxylic acids is 1. The predicted molar refractivity (Wildman–Crippen MR) is 118 cm³/mol. The number of aryl methyl sites for hydroxylation is 2. The van der Waals surface area contributed by atoms with Crippen LogP contribution in [-0.2, 0) is 11.2 Å². The van der Waals surface area contributed by atoms with Crippen molar-refractivity contribution in [2.45, 2.75) is 20.3 Å². The third-order valence-electron chi connectivity index (χ3n) is 4.55. The molecule has 0 radical (unpaired) electrons. The number of hydrogen-bond acceptors (Lipinski definition) is 4. The lowest BCUT2D eigenvalue weighted by atomic mass is 10.1. The van der Waals surface area contributed by atoms with E-state index in [0.29, 0.717) is 34.4 Å². The second-order valence-electron chi connectivity index (χ2n) is 7.25. The van der Waals surface area contributed by atoms with Crippen molar-refractivity contribution in [3.8, 4) is 5.75 Å². The van der Waals surface area contributed by atoms with Crippen LogP contribution < -0.4 is 10.1 Å². The first-order chi connectivity index (χ1) is 14.4. The number of oxazole rings is 1. The zero-order valence-corrected chi connectivity index (χ0v) is 17.5. The Morgan fingerprint density at radius 2 is 1.77 bits per heavy atom. The molecule has 1 N–H and O–H groups in total. The fraction of sp³-hybridized carbons (Fsp3) is 0.167. The van der Waals surface area contributed by atoms with Crippen LogP contribution in [0.4, 0.5) is 5.69 Å². The molecule has 30 heavy (non-hydrogen) atoms. The molecule has 3 aromatic carbocycles. The molecule has 0 bridgehead atoms. The summed E-state index contributed by atoms with van der Waals surface area (Å²) in [6.45, 7) is 3.95. The van der Waals surface area contributed by atoms with Crippen molar-refractivity contribution in [2.24, 2.45) is 0 Å². The van der Waals surface area contributed by atoms with Gasteiger partial charge < -0.3 is 14.5 Å². The maximum absolute atomic E-state index is 12.2. The molecule has 5 nitrogen and oxygen atoms in total. The maximum atomic E-state index is 12.2. The quantitative estimate of drug-likeness (QED) is 0.434. The van der Waals surface area contributed by atoms with Gasteiger partial charge in [0.2, 0.25) is 0 Å². The maximum Gasteiger partial charge on any atom is 0.262 e. The topological polar surface area (TPSA) is 64.4 Å². The van der Waals surface area contributed by atoms with Gasteiger partial charge in [-0.15, -0.1) is 0 Å². The molecule has 0 unspecified atom stereocenters. The monoisotopic (exact) mass is 420 g/mol. The van der Waals surface area contributed by atoms with Crippen molar-refractivity contribution in [1.29, 1.82) is 0 Å². The Labute approximate surface area is 179 Å². The number of benzene rings is 3. The van der Waals surface area contributed by atoms with Crippen LogP contribution in [0, 0.1) is 13.8 Å². The normalized spacial score (nSPS) is 10.9. The number of fused-ring (bicyclic) bond motifs is 1. The molecule has 0 fully saturated rings. The largest absolute Gasteiger partial charge is 0.484 e. The summed E-state index contributed by atoms with van der Waals surface area (Å²) in [6.07, 6.45) is 0.552. The third kappa shape index (κ3) is 4.99. The highest BCUT2D eigenvalue weighted by Gasteiger charge is 2.08. The van der Waals surface area contributed by atoms with E-state index in [2.05, 4.69) is 16.4 Å². The summed E-state index contributed by atoms with van der Waals surface area (Å²) in [6, 6.07) is 18.8. The fourth-order valence-electron chi connectivity index (χ4n) is 3.27. The number of rotatable bonds is 6. The van der Waals surface area contributed by atoms with Gasteiger partial charge in [0.05, 0.1) is 0 Å². The lowest BCUT2D eigenvalue weighted by Crippen LogP contribution is -2.20. The molecule has 0 saturated carbocycles. The van der Waals surface area contributed by atoms with E-state index in [-0.39, 0.29) is 12.5 Å². The molecule has 0 spiro atoms. The van der Waals surface area contributed by atoms with Crippen LogP contribution in [0.2, 0.25) is 5.02 Å². The number of anilines is 1. The summed E-state index contributed by atoms with van der Waals surface area (Å²) in [5.41, 5.74) is 5.38. The van der Waals surface area contributed by atoms with Gasteiger partial charge in [-0.2, -0.15) is 0 Å². The minimum Gasteiger partial charge on any atom is -0.484 e. The number of aromatic nitrogens is 1. The van der Waals surface area contributed by atoms with Gasteiger partial charge in [0.15, 0.2) is 18.1 Å². The van der Waals surface area contributed by atoms with Crippen LogP contribution in [-0.4, -0.2) is 17.5 Å². The van der Waals surface area contributed by atoms with Crippen LogP contribution in [0.1, 0.15) is 22.6 Å². The fourth-order valence-corrected chi connectivity index (χ4v) is 3.43. The first kappa shape index (κ1) is 20.0. The number of amides is 1. The average Bonchev–Trinajstić information content (AvgIpc) is 3.08. The number of nitrogens with one attached hydrogen (secondary N) is 1. The standard InChI is InChI=1S/C24H21ClN2O3/c1-15-9-16(2)11-20(10-15)29-14-23(28)26-19-6-3-17(4-7-19)12-24-27-21-13-18(25)5-8-22(21)30-24/h3-11,13H,12,14H2,1-2H3,(H,26,28). The van der Waals surface area contributed by atoms with Crippen molar-refractivity contribution in [3.63, 3.8) is 0 Å². The van der Waals surface area contributed by atoms with E-state index in [4.69, 9.17) is 20.8 Å². The van der Waals surface area contributed by atoms with E-state index in [1.165, 1.54) is 0 Å². The van der Waals surface area contributed by atoms with Crippen LogP contribution >= 0.6 is 11.6 Å². The van der Waals surface area contributed by atoms with E-state index in [1.54, 1.807) is 12.1 Å². The molecule has 0 aliphatic carbocycles. The molecular formula is C24H21ClN2O3. The molecule has 0 atom stereocenters. The van der Waals surface area contributed by atoms with Crippen molar-refractivity contribution < 1.29 is 13.9 Å². The number of carbonyl (C=O) groups is 1. The Balaban J connectivity index is 1.34. The summed E-state index contributed by atoms with van der Waals surface area (Å²) >= 11 is 5.99. The molecule has 1 aromatic heterocycles. The number of nitrogens with zero attached hydrogens (tertiary/aromatic N) is 1. The average molecular weight is 421 g/mol. The zero-order chi connectivity index (χ0) is 21.1. The van der Waals surface area contributed by atoms with E-state index in [9.17, 15) is 4.79 Å². The smallest absolute Gasteiger partial charge is 0.262 e. The SMILES string of the molecule is Cc1cc(C)cc(OCC(=O)Nc2ccc(Cc3nc4cc(Cl)ccc4o3)cc2)c1. The van der Waals surface area contributed by atoms with Gasteiger partial charge in [-0.3, -0.25) is 4.79 Å². The summed E-state index contributed by atoms with van der Waals surface area (Å²) in [5.74, 6) is 1.10. The highest BCUT2D eigenvalue weighted by molar-refractivity contribution is 6.31. The Bertz CT molecular complexity index is 1180. The molecule has 0 aliphatic heterocycles. The van der Waals surface area contributed by atoms with Gasteiger partial charge in [0.1, 0.15) is 11.3 Å². The van der Waals surface area contributed by atoms with Crippen LogP contribution in [0.25, 0.3) is 11.1 Å². The molecule has 6 heteroatoms. The molecule has 1 heterocycles. The first-order valence-electron chi connectivity index (χ1n) is 9.59. The summed E-state index contributed by atoms with van der Waals surface area (Å²) in [4.78, 5) is 16.7. The Morgan fingerprint density at radius 3 is 2.50 bits per heavy atom. The molecule has 4 rings (SSSR count). The van der Waals surface area contributed by atoms with Gasteiger partial charge in [0, 0.05) is 17.1 Å². The first-order valence-corrected chi connectivity index (χ1v) is 9.97. The van der Waals surface area contributed by atoms with Crippen LogP contribution in [0.15, 0.2) is 65.1 Å². The Hall–Kier alpha value is -3.31. The lowest BCUT2D eigenvalue weighted by Gasteiger charge is -2.09. The van der Waals surface area contributed by atoms with Crippen molar-refractivity contribution >= 4 is 34.3 Å². The highest BCUT2D eigenvalue weighted by Crippen LogP contribution is 2.22. The van der Waals surface area contributed by atoms with Gasteiger partial charge in [-0.1, -0.05) is 29.8 Å². The summed E-state index contributed by atoms with van der Waals surface area (Å²) in [7, 11) is 0. The van der Waals surface area contributed by atoms with Gasteiger partial charge in [-0.05, 0) is 73.0 Å². The van der Waals surface area contributed by atoms with E-state index in [0.717, 1.165) is 22.2 Å². The van der Waals surface area contributed by atoms with E-state index < -0.39 is 0 Å². The number of ether oxygens (including phenoxy) is 1. The van der Waals surface area contributed by atoms with Gasteiger partial charge in [-0.25, -0.2) is 4.98 Å². The van der Waals surface area contributed by atoms with Crippen molar-refractivity contribution in [3.05, 3.63) is 88.3 Å². The van der Waals surface area contributed by atoms with Crippen molar-refractivity contribution in [1.82, 2.24) is 4.98 Å². The molecule has 1 amide bonds. The lowest BCUT2D eigenvalue weighted by molar-refractivity contribution is -0.118. The predicted octanol–water partition coefficient (Wildman–Crippen LogP) is 5.71.